The molecule has 94 valence electrons. The molecule has 17 heavy (non-hydrogen) atoms. The predicted molar refractivity (Wildman–Crippen MR) is 71.6 cm³/mol. The molecule has 0 bridgehead atoms. The van der Waals surface area contributed by atoms with E-state index >= 15 is 0 Å². The summed E-state index contributed by atoms with van der Waals surface area (Å²) in [7, 11) is 1.77. The molecule has 0 atom stereocenters. The van der Waals surface area contributed by atoms with Crippen molar-refractivity contribution in [1.29, 1.82) is 0 Å². The first-order valence-corrected chi connectivity index (χ1v) is 6.72. The molecule has 1 saturated carbocycles. The number of hydrogen-bond donors (Lipinski definition) is 1. The first-order chi connectivity index (χ1) is 8.35. The molecule has 0 spiro atoms. The van der Waals surface area contributed by atoms with Crippen molar-refractivity contribution in [2.45, 2.75) is 44.4 Å². The molecule has 2 nitrogen and oxygen atoms in total. The Hall–Kier alpha value is -1.02. The molecule has 0 unspecified atom stereocenters. The molecule has 0 heterocycles. The standard InChI is InChI=1S/C15H23NO/c1-17-15-9-8-12(5-4-10-16)11-14(15)13-6-2-3-7-13/h8-9,11,13H,2-7,10,16H2,1H3. The lowest BCUT2D eigenvalue weighted by Crippen LogP contribution is -2.02. The fourth-order valence-electron chi connectivity index (χ4n) is 2.80. The third-order valence-electron chi connectivity index (χ3n) is 3.76. The molecule has 0 radical (unpaired) electrons. The van der Waals surface area contributed by atoms with E-state index in [-0.39, 0.29) is 0 Å². The number of nitrogens with two attached hydrogens (primary N) is 1. The first kappa shape index (κ1) is 12.4. The minimum absolute atomic E-state index is 0.711. The fraction of sp³-hybridized carbons (Fsp3) is 0.600. The topological polar surface area (TPSA) is 35.2 Å². The highest BCUT2D eigenvalue weighted by Gasteiger charge is 2.20. The average molecular weight is 233 g/mol. The Labute approximate surface area is 104 Å². The average Bonchev–Trinajstić information content (AvgIpc) is 2.89. The summed E-state index contributed by atoms with van der Waals surface area (Å²) in [6.45, 7) is 0.769. The van der Waals surface area contributed by atoms with Gasteiger partial charge in [0.1, 0.15) is 5.75 Å². The normalized spacial score (nSPS) is 16.4. The predicted octanol–water partition coefficient (Wildman–Crippen LogP) is 3.24. The zero-order valence-electron chi connectivity index (χ0n) is 10.7. The Balaban J connectivity index is 2.19. The van der Waals surface area contributed by atoms with Crippen molar-refractivity contribution in [3.8, 4) is 5.75 Å². The van der Waals surface area contributed by atoms with Crippen LogP contribution in [-0.2, 0) is 6.42 Å². The summed E-state index contributed by atoms with van der Waals surface area (Å²) in [5, 5.41) is 0. The van der Waals surface area contributed by atoms with Crippen LogP contribution in [0.25, 0.3) is 0 Å². The summed E-state index contributed by atoms with van der Waals surface area (Å²) in [5.41, 5.74) is 8.39. The van der Waals surface area contributed by atoms with Crippen LogP contribution in [0.4, 0.5) is 0 Å². The van der Waals surface area contributed by atoms with Crippen LogP contribution in [-0.4, -0.2) is 13.7 Å². The summed E-state index contributed by atoms with van der Waals surface area (Å²) < 4.78 is 5.49. The Kier molecular flexibility index (Phi) is 4.43. The molecule has 1 aliphatic rings. The molecule has 1 fully saturated rings. The van der Waals surface area contributed by atoms with Crippen molar-refractivity contribution in [2.24, 2.45) is 5.73 Å². The largest absolute Gasteiger partial charge is 0.496 e. The zero-order chi connectivity index (χ0) is 12.1. The van der Waals surface area contributed by atoms with Crippen LogP contribution in [0.5, 0.6) is 5.75 Å². The third kappa shape index (κ3) is 3.01. The van der Waals surface area contributed by atoms with Crippen molar-refractivity contribution in [2.75, 3.05) is 13.7 Å². The first-order valence-electron chi connectivity index (χ1n) is 6.72. The van der Waals surface area contributed by atoms with E-state index in [1.165, 1.54) is 36.8 Å². The van der Waals surface area contributed by atoms with E-state index in [4.69, 9.17) is 10.5 Å². The smallest absolute Gasteiger partial charge is 0.122 e. The van der Waals surface area contributed by atoms with Gasteiger partial charge in [-0.3, -0.25) is 0 Å². The van der Waals surface area contributed by atoms with Gasteiger partial charge < -0.3 is 10.5 Å². The van der Waals surface area contributed by atoms with Crippen molar-refractivity contribution in [3.63, 3.8) is 0 Å². The van der Waals surface area contributed by atoms with Crippen molar-refractivity contribution < 1.29 is 4.74 Å². The number of rotatable bonds is 5. The van der Waals surface area contributed by atoms with Crippen molar-refractivity contribution >= 4 is 0 Å². The second-order valence-electron chi connectivity index (χ2n) is 4.95. The quantitative estimate of drug-likeness (QED) is 0.847. The SMILES string of the molecule is COc1ccc(CCCN)cc1C1CCCC1. The van der Waals surface area contributed by atoms with Gasteiger partial charge in [0.2, 0.25) is 0 Å². The van der Waals surface area contributed by atoms with Gasteiger partial charge in [0.15, 0.2) is 0 Å². The molecule has 0 saturated heterocycles. The molecule has 2 N–H and O–H groups in total. The molecule has 2 heteroatoms. The number of benzene rings is 1. The van der Waals surface area contributed by atoms with Crippen LogP contribution in [0, 0.1) is 0 Å². The Morgan fingerprint density at radius 3 is 2.71 bits per heavy atom. The van der Waals surface area contributed by atoms with Crippen LogP contribution < -0.4 is 10.5 Å². The van der Waals surface area contributed by atoms with E-state index in [0.29, 0.717) is 5.92 Å². The monoisotopic (exact) mass is 233 g/mol. The van der Waals surface area contributed by atoms with Crippen molar-refractivity contribution in [1.82, 2.24) is 0 Å². The minimum atomic E-state index is 0.711. The molecule has 0 aromatic heterocycles. The molecule has 1 aliphatic carbocycles. The summed E-state index contributed by atoms with van der Waals surface area (Å²) >= 11 is 0. The van der Waals surface area contributed by atoms with Gasteiger partial charge in [-0.15, -0.1) is 0 Å². The molecule has 0 aliphatic heterocycles. The lowest BCUT2D eigenvalue weighted by Gasteiger charge is -2.16. The van der Waals surface area contributed by atoms with Gasteiger partial charge in [-0.2, -0.15) is 0 Å². The molecular formula is C15H23NO. The zero-order valence-corrected chi connectivity index (χ0v) is 10.7. The Morgan fingerprint density at radius 1 is 1.29 bits per heavy atom. The summed E-state index contributed by atoms with van der Waals surface area (Å²) in [6.07, 6.45) is 7.51. The molecular weight excluding hydrogens is 210 g/mol. The van der Waals surface area contributed by atoms with Crippen LogP contribution in [0.1, 0.15) is 49.1 Å². The van der Waals surface area contributed by atoms with E-state index < -0.39 is 0 Å². The van der Waals surface area contributed by atoms with Crippen LogP contribution >= 0.6 is 0 Å². The molecule has 0 amide bonds. The second-order valence-corrected chi connectivity index (χ2v) is 4.95. The molecule has 1 aromatic rings. The van der Waals surface area contributed by atoms with Crippen LogP contribution in [0.3, 0.4) is 0 Å². The maximum absolute atomic E-state index is 5.57. The molecule has 2 rings (SSSR count). The maximum Gasteiger partial charge on any atom is 0.122 e. The minimum Gasteiger partial charge on any atom is -0.496 e. The highest BCUT2D eigenvalue weighted by Crippen LogP contribution is 2.39. The van der Waals surface area contributed by atoms with Gasteiger partial charge in [-0.25, -0.2) is 0 Å². The highest BCUT2D eigenvalue weighted by molar-refractivity contribution is 5.40. The number of ether oxygens (including phenoxy) is 1. The maximum atomic E-state index is 5.57. The van der Waals surface area contributed by atoms with Gasteiger partial charge in [-0.1, -0.05) is 25.0 Å². The molecule has 1 aromatic carbocycles. The van der Waals surface area contributed by atoms with Crippen molar-refractivity contribution in [3.05, 3.63) is 29.3 Å². The summed E-state index contributed by atoms with van der Waals surface area (Å²) in [4.78, 5) is 0. The summed E-state index contributed by atoms with van der Waals surface area (Å²) in [6, 6.07) is 6.64. The van der Waals surface area contributed by atoms with E-state index in [0.717, 1.165) is 25.1 Å². The van der Waals surface area contributed by atoms with Gasteiger partial charge >= 0.3 is 0 Å². The Morgan fingerprint density at radius 2 is 2.06 bits per heavy atom. The lowest BCUT2D eigenvalue weighted by atomic mass is 9.94. The summed E-state index contributed by atoms with van der Waals surface area (Å²) in [5.74, 6) is 1.77. The van der Waals surface area contributed by atoms with Gasteiger partial charge in [0, 0.05) is 0 Å². The number of methoxy groups -OCH3 is 1. The lowest BCUT2D eigenvalue weighted by molar-refractivity contribution is 0.405. The van der Waals surface area contributed by atoms with Gasteiger partial charge in [-0.05, 0) is 55.3 Å². The van der Waals surface area contributed by atoms with E-state index in [1.54, 1.807) is 7.11 Å². The van der Waals surface area contributed by atoms with Gasteiger partial charge in [0.05, 0.1) is 7.11 Å². The fourth-order valence-corrected chi connectivity index (χ4v) is 2.80. The number of aryl methyl sites for hydroxylation is 1. The van der Waals surface area contributed by atoms with Gasteiger partial charge in [0.25, 0.3) is 0 Å². The second kappa shape index (κ2) is 6.06. The van der Waals surface area contributed by atoms with E-state index in [9.17, 15) is 0 Å². The van der Waals surface area contributed by atoms with E-state index in [2.05, 4.69) is 18.2 Å². The third-order valence-corrected chi connectivity index (χ3v) is 3.76. The Bertz CT molecular complexity index is 356. The highest BCUT2D eigenvalue weighted by atomic mass is 16.5. The van der Waals surface area contributed by atoms with Crippen LogP contribution in [0.2, 0.25) is 0 Å². The van der Waals surface area contributed by atoms with Crippen LogP contribution in [0.15, 0.2) is 18.2 Å². The number of hydrogen-bond acceptors (Lipinski definition) is 2. The van der Waals surface area contributed by atoms with E-state index in [1.807, 2.05) is 0 Å².